The van der Waals surface area contributed by atoms with E-state index in [9.17, 15) is 43.4 Å². The van der Waals surface area contributed by atoms with Gasteiger partial charge in [0.25, 0.3) is 0 Å². The molecule has 27 heteroatoms. The minimum Gasteiger partial charge on any atom is -0.444 e. The van der Waals surface area contributed by atoms with E-state index in [0.29, 0.717) is 103 Å². The van der Waals surface area contributed by atoms with Crippen molar-refractivity contribution in [2.75, 3.05) is 45.5 Å². The van der Waals surface area contributed by atoms with Crippen molar-refractivity contribution in [1.82, 2.24) is 71.6 Å². The number of fused-ring (bicyclic) bond motifs is 9. The van der Waals surface area contributed by atoms with E-state index in [0.717, 1.165) is 95.6 Å². The smallest absolute Gasteiger partial charge is 0.410 e. The Morgan fingerprint density at radius 3 is 1.15 bits per heavy atom. The molecule has 6 bridgehead atoms. The highest BCUT2D eigenvalue weighted by Crippen LogP contribution is 2.38. The van der Waals surface area contributed by atoms with Gasteiger partial charge in [-0.1, -0.05) is 87.9 Å². The van der Waals surface area contributed by atoms with Crippen molar-refractivity contribution < 1.29 is 17.9 Å². The van der Waals surface area contributed by atoms with Gasteiger partial charge >= 0.3 is 23.2 Å². The molecule has 578 valence electrons. The summed E-state index contributed by atoms with van der Waals surface area (Å²) in [6, 6.07) is 38.0. The van der Waals surface area contributed by atoms with Crippen LogP contribution >= 0.6 is 12.4 Å². The fourth-order valence-corrected chi connectivity index (χ4v) is 17.6. The predicted molar refractivity (Wildman–Crippen MR) is 428 cm³/mol. The Morgan fingerprint density at radius 2 is 0.853 bits per heavy atom. The van der Waals surface area contributed by atoms with E-state index in [4.69, 9.17) is 19.7 Å². The summed E-state index contributed by atoms with van der Waals surface area (Å²) >= 11 is 0. The van der Waals surface area contributed by atoms with Gasteiger partial charge < -0.3 is 15.0 Å². The van der Waals surface area contributed by atoms with Crippen LogP contribution in [0.4, 0.5) is 4.79 Å². The van der Waals surface area contributed by atoms with Crippen LogP contribution < -0.4 is 22.4 Å². The molecule has 0 radical (unpaired) electrons. The third-order valence-electron chi connectivity index (χ3n) is 21.3. The zero-order chi connectivity index (χ0) is 76.9. The number of imidazole rings is 3. The first-order valence-corrected chi connectivity index (χ1v) is 38.9. The van der Waals surface area contributed by atoms with Crippen LogP contribution in [0.2, 0.25) is 0 Å². The van der Waals surface area contributed by atoms with Gasteiger partial charge in [-0.05, 0) is 146 Å². The normalized spacial score (nSPS) is 20.0. The van der Waals surface area contributed by atoms with Gasteiger partial charge in [0, 0.05) is 153 Å². The second-order valence-corrected chi connectivity index (χ2v) is 36.8. The number of piperazine rings is 3. The van der Waals surface area contributed by atoms with E-state index in [1.807, 2.05) is 105 Å². The summed E-state index contributed by atoms with van der Waals surface area (Å²) in [6.45, 7) is 33.5. The van der Waals surface area contributed by atoms with Gasteiger partial charge in [0.15, 0.2) is 16.9 Å². The van der Waals surface area contributed by atoms with Crippen LogP contribution in [0.25, 0.3) is 67.3 Å². The molecule has 3 aromatic carbocycles. The van der Waals surface area contributed by atoms with Gasteiger partial charge in [-0.25, -0.2) is 42.5 Å². The molecule has 6 atom stereocenters. The maximum atomic E-state index is 13.0. The van der Waals surface area contributed by atoms with Crippen LogP contribution in [0.1, 0.15) is 143 Å². The van der Waals surface area contributed by atoms with E-state index >= 15 is 0 Å². The lowest BCUT2D eigenvalue weighted by Crippen LogP contribution is -2.49. The average molecular weight is 1520 g/mol. The first-order valence-electron chi connectivity index (χ1n) is 37.0. The molecule has 6 aliphatic heterocycles. The van der Waals surface area contributed by atoms with Gasteiger partial charge in [-0.3, -0.25) is 42.1 Å². The van der Waals surface area contributed by atoms with Crippen LogP contribution in [0, 0.1) is 50.2 Å². The lowest BCUT2D eigenvalue weighted by atomic mass is 9.97. The number of halogens is 1. The topological polar surface area (TPSA) is 280 Å². The number of likely N-dealkylation sites (tertiary alicyclic amines) is 4. The lowest BCUT2D eigenvalue weighted by molar-refractivity contribution is 0.0123. The zero-order valence-electron chi connectivity index (χ0n) is 65.0. The molecule has 1 amide bonds. The number of sulfonamides is 1. The summed E-state index contributed by atoms with van der Waals surface area (Å²) in [5, 5.41) is 32.9. The van der Waals surface area contributed by atoms with Gasteiger partial charge in [0.2, 0.25) is 10.0 Å². The van der Waals surface area contributed by atoms with Gasteiger partial charge in [-0.15, -0.1) is 12.4 Å². The minimum atomic E-state index is -3.18. The number of hydrogen-bond donors (Lipinski definition) is 1. The maximum absolute atomic E-state index is 13.0. The summed E-state index contributed by atoms with van der Waals surface area (Å²) in [7, 11) is 2.05. The minimum absolute atomic E-state index is 0. The SMILES string of the molecule is C.Cl.Cn1c(=O)n(CC(C)(C)C)c2ccc(-c3cc(CN4C[C@H]5C[C@@H]4CN5)ccc3C#N)nc21.Cn1c(=O)n(CC(C)(C)C)c2ccc(-c3cc(CN4C[C@H]5C[C@@H]4CN5C(=O)OC(C)(C)C)ccc3C#N)nc21.Cn1c(=O)n(CC(C)(C)C)c2ccc(-c3cc(CN4C[C@H]5C[C@@H]4CN5S(C)(=O)=O)ccc3C#N)nc21. The third-order valence-corrected chi connectivity index (χ3v) is 22.6. The Kier molecular flexibility index (Phi) is 22.6. The van der Waals surface area contributed by atoms with E-state index in [-0.39, 0.29) is 83.4 Å². The van der Waals surface area contributed by atoms with Crippen molar-refractivity contribution >= 4 is 62.0 Å². The van der Waals surface area contributed by atoms with Crippen LogP contribution in [-0.4, -0.2) is 168 Å². The van der Waals surface area contributed by atoms with Crippen LogP contribution in [0.3, 0.4) is 0 Å². The van der Waals surface area contributed by atoms with Crippen LogP contribution in [0.5, 0.6) is 0 Å². The number of pyridine rings is 3. The first kappa shape index (κ1) is 80.7. The second-order valence-electron chi connectivity index (χ2n) is 34.9. The number of carbonyl (C=O) groups excluding carboxylic acids is 1. The second kappa shape index (κ2) is 30.5. The zero-order valence-corrected chi connectivity index (χ0v) is 66.6. The van der Waals surface area contributed by atoms with E-state index in [1.165, 1.54) is 18.2 Å². The molecule has 0 spiro atoms. The van der Waals surface area contributed by atoms with Crippen molar-refractivity contribution in [3.8, 4) is 52.0 Å². The number of benzene rings is 3. The molecule has 109 heavy (non-hydrogen) atoms. The Labute approximate surface area is 645 Å². The molecule has 1 N–H and O–H groups in total. The van der Waals surface area contributed by atoms with Crippen molar-refractivity contribution in [2.45, 2.75) is 191 Å². The summed E-state index contributed by atoms with van der Waals surface area (Å²) in [6.07, 6.45) is 4.07. The maximum Gasteiger partial charge on any atom is 0.410 e. The number of carbonyl (C=O) groups is 1. The quantitative estimate of drug-likeness (QED) is 0.112. The largest absolute Gasteiger partial charge is 0.444 e. The number of aromatic nitrogens is 9. The molecule has 6 aliphatic rings. The first-order chi connectivity index (χ1) is 50.3. The van der Waals surface area contributed by atoms with Crippen molar-refractivity contribution in [2.24, 2.45) is 37.4 Å². The average Bonchev–Trinajstić information content (AvgIpc) is 1.66. The van der Waals surface area contributed by atoms with Crippen molar-refractivity contribution in [1.29, 1.82) is 15.8 Å². The number of hydrogen-bond acceptors (Lipinski definition) is 17. The molecule has 9 aromatic rings. The predicted octanol–water partition coefficient (Wildman–Crippen LogP) is 11.0. The monoisotopic (exact) mass is 1520 g/mol. The Hall–Kier alpha value is -9.30. The fourth-order valence-electron chi connectivity index (χ4n) is 16.5. The molecule has 12 heterocycles. The number of nitrogens with one attached hydrogen (secondary N) is 1. The molecule has 0 unspecified atom stereocenters. The van der Waals surface area contributed by atoms with Crippen LogP contribution in [-0.2, 0) is 75.2 Å². The summed E-state index contributed by atoms with van der Waals surface area (Å²) in [5.41, 5.74) is 12.7. The molecular weight excluding hydrogens is 1420 g/mol. The number of aryl methyl sites for hydroxylation is 3. The third kappa shape index (κ3) is 16.9. The summed E-state index contributed by atoms with van der Waals surface area (Å²) < 4.78 is 41.3. The number of nitriles is 3. The molecule has 25 nitrogen and oxygen atoms in total. The molecular formula is C82H105ClN18O7S. The Morgan fingerprint density at radius 1 is 0.495 bits per heavy atom. The molecule has 6 aromatic heterocycles. The lowest BCUT2D eigenvalue weighted by Gasteiger charge is -2.35. The van der Waals surface area contributed by atoms with Gasteiger partial charge in [0.1, 0.15) is 5.60 Å². The summed E-state index contributed by atoms with van der Waals surface area (Å²) in [5.74, 6) is 0. The van der Waals surface area contributed by atoms with Gasteiger partial charge in [-0.2, -0.15) is 20.1 Å². The highest BCUT2D eigenvalue weighted by atomic mass is 35.5. The summed E-state index contributed by atoms with van der Waals surface area (Å²) in [4.78, 5) is 75.0. The number of amides is 1. The highest BCUT2D eigenvalue weighted by molar-refractivity contribution is 7.88. The van der Waals surface area contributed by atoms with Gasteiger partial charge in [0.05, 0.1) is 74.8 Å². The number of ether oxygens (including phenoxy) is 1. The highest BCUT2D eigenvalue weighted by Gasteiger charge is 2.48. The molecule has 6 saturated heterocycles. The molecule has 6 fully saturated rings. The van der Waals surface area contributed by atoms with E-state index in [1.54, 1.807) is 52.9 Å². The van der Waals surface area contributed by atoms with Crippen molar-refractivity contribution in [3.05, 3.63) is 156 Å². The fraction of sp³-hybridized carbons (Fsp3) is 0.512. The number of nitrogens with zero attached hydrogens (tertiary/aromatic N) is 17. The number of rotatable bonds is 13. The van der Waals surface area contributed by atoms with E-state index < -0.39 is 15.6 Å². The van der Waals surface area contributed by atoms with Crippen molar-refractivity contribution in [3.63, 3.8) is 0 Å². The Bertz CT molecular complexity index is 5450. The Balaban J connectivity index is 0.000000162. The molecule has 0 saturated carbocycles. The molecule has 0 aliphatic carbocycles. The molecule has 15 rings (SSSR count). The standard InChI is InChI=1S/C30H38N6O3.C26H32N6O3S.C25H30N6O.CH4.ClH/c1-29(2,3)18-36-25-11-10-24(32-26(25)33(7)27(36)37)23-12-19(8-9-20(23)14-31)15-34-16-22-13-21(34)17-35(22)28(38)39-30(4,5)6;1-26(2,3)16-31-23-9-8-22(28-24(23)29(4)25(31)33)21-10-17(6-7-18(21)12-27)13-30-14-20-11-19(30)15-32(20)36(5,34)35;1-25(2,3)15-31-22-8-7-21(28-23(22)29(4)24(31)32)20-9-16(5-6-17(20)11-26)13-30-14-18-10-19(30)12-27-18;;/h8-12,21-22H,13,15-18H2,1-7H3;6-10,19-20H,11,13-16H2,1-5H3;5-9,18-19,27H,10,12-15H2,1-4H3;1H4;1H/t21-,22-;19-,20-;18-,19-;;/m111../s1. The van der Waals surface area contributed by atoms with E-state index in [2.05, 4.69) is 113 Å². The van der Waals surface area contributed by atoms with Crippen LogP contribution in [0.15, 0.2) is 105 Å².